The molecule has 3 aliphatic rings. The summed E-state index contributed by atoms with van der Waals surface area (Å²) in [7, 11) is 0. The maximum absolute atomic E-state index is 2.55. The normalized spacial score (nSPS) is 48.0. The summed E-state index contributed by atoms with van der Waals surface area (Å²) in [6.07, 6.45) is 17.0. The highest BCUT2D eigenvalue weighted by atomic mass is 14.4. The van der Waals surface area contributed by atoms with E-state index in [0.717, 1.165) is 23.7 Å². The first-order valence-electron chi connectivity index (χ1n) is 6.57. The SMILES string of the molecule is [CH-]1CC[C@@H]2C[C@@H]3C[CH-]CC[C@H]3C[C@H]2C1. The molecule has 0 spiro atoms. The van der Waals surface area contributed by atoms with Crippen molar-refractivity contribution < 1.29 is 0 Å². The standard InChI is InChI=1S/C14H22/c1-2-6-12-10-14-8-4-3-7-13(14)9-11(12)5-1/h1,4,11-14H,2-3,5-10H2/q-2/t11-,12-,13+,14+. The molecule has 3 aliphatic carbocycles. The lowest BCUT2D eigenvalue weighted by molar-refractivity contribution is 0.0743. The summed E-state index contributed by atoms with van der Waals surface area (Å²) in [5.74, 6) is 4.38. The van der Waals surface area contributed by atoms with Gasteiger partial charge in [0.05, 0.1) is 0 Å². The summed E-state index contributed by atoms with van der Waals surface area (Å²) in [5, 5.41) is 0. The zero-order valence-corrected chi connectivity index (χ0v) is 9.12. The van der Waals surface area contributed by atoms with Crippen LogP contribution in [0.5, 0.6) is 0 Å². The molecule has 3 fully saturated rings. The maximum atomic E-state index is 2.55. The van der Waals surface area contributed by atoms with Gasteiger partial charge in [0.15, 0.2) is 0 Å². The Balaban J connectivity index is 1.68. The summed E-state index contributed by atoms with van der Waals surface area (Å²) < 4.78 is 0. The smallest absolute Gasteiger partial charge is 0.0432 e. The van der Waals surface area contributed by atoms with Crippen molar-refractivity contribution in [2.24, 2.45) is 23.7 Å². The Labute approximate surface area is 88.5 Å². The third kappa shape index (κ3) is 1.61. The first-order valence-corrected chi connectivity index (χ1v) is 6.57. The average molecular weight is 190 g/mol. The van der Waals surface area contributed by atoms with Crippen LogP contribution in [0.25, 0.3) is 0 Å². The molecule has 0 amide bonds. The van der Waals surface area contributed by atoms with E-state index in [9.17, 15) is 0 Å². The Morgan fingerprint density at radius 3 is 1.64 bits per heavy atom. The van der Waals surface area contributed by atoms with Crippen molar-refractivity contribution >= 4 is 0 Å². The van der Waals surface area contributed by atoms with Crippen molar-refractivity contribution in [3.8, 4) is 0 Å². The van der Waals surface area contributed by atoms with Gasteiger partial charge in [0.25, 0.3) is 0 Å². The molecule has 4 atom stereocenters. The van der Waals surface area contributed by atoms with Crippen molar-refractivity contribution in [3.05, 3.63) is 12.8 Å². The summed E-state index contributed by atoms with van der Waals surface area (Å²) in [6, 6.07) is 0. The molecule has 0 heterocycles. The van der Waals surface area contributed by atoms with E-state index >= 15 is 0 Å². The molecular formula is C14H22-2. The van der Waals surface area contributed by atoms with Crippen molar-refractivity contribution in [1.29, 1.82) is 0 Å². The lowest BCUT2D eigenvalue weighted by Crippen LogP contribution is -2.35. The molecule has 0 N–H and O–H groups in total. The summed E-state index contributed by atoms with van der Waals surface area (Å²) >= 11 is 0. The second-order valence-electron chi connectivity index (χ2n) is 5.72. The molecule has 0 saturated heterocycles. The second-order valence-corrected chi connectivity index (χ2v) is 5.72. The van der Waals surface area contributed by atoms with Crippen LogP contribution in [0.4, 0.5) is 0 Å². The molecule has 0 aromatic carbocycles. The van der Waals surface area contributed by atoms with Crippen LogP contribution in [0.3, 0.4) is 0 Å². The zero-order chi connectivity index (χ0) is 9.38. The Bertz CT molecular complexity index is 154. The maximum Gasteiger partial charge on any atom is -0.0432 e. The minimum atomic E-state index is 1.09. The quantitative estimate of drug-likeness (QED) is 0.506. The molecule has 0 aliphatic heterocycles. The molecule has 0 aromatic rings. The molecule has 14 heavy (non-hydrogen) atoms. The highest BCUT2D eigenvalue weighted by Gasteiger charge is 2.34. The number of hydrogen-bond donors (Lipinski definition) is 0. The third-order valence-electron chi connectivity index (χ3n) is 4.97. The monoisotopic (exact) mass is 190 g/mol. The van der Waals surface area contributed by atoms with E-state index in [1.54, 1.807) is 12.8 Å². The predicted molar refractivity (Wildman–Crippen MR) is 59.5 cm³/mol. The fourth-order valence-corrected chi connectivity index (χ4v) is 4.16. The first kappa shape index (κ1) is 9.24. The fourth-order valence-electron chi connectivity index (χ4n) is 4.16. The molecular weight excluding hydrogens is 168 g/mol. The van der Waals surface area contributed by atoms with E-state index in [-0.39, 0.29) is 0 Å². The van der Waals surface area contributed by atoms with E-state index < -0.39 is 0 Å². The van der Waals surface area contributed by atoms with Gasteiger partial charge in [-0.05, 0) is 24.7 Å². The first-order chi connectivity index (χ1) is 6.93. The van der Waals surface area contributed by atoms with Crippen LogP contribution in [0, 0.1) is 36.5 Å². The van der Waals surface area contributed by atoms with Crippen LogP contribution in [0.1, 0.15) is 51.4 Å². The van der Waals surface area contributed by atoms with E-state index in [4.69, 9.17) is 0 Å². The summed E-state index contributed by atoms with van der Waals surface area (Å²) in [6.45, 7) is 0. The average Bonchev–Trinajstić information content (AvgIpc) is 2.26. The van der Waals surface area contributed by atoms with Gasteiger partial charge in [-0.15, -0.1) is 0 Å². The van der Waals surface area contributed by atoms with Crippen LogP contribution < -0.4 is 0 Å². The van der Waals surface area contributed by atoms with E-state index in [1.165, 1.54) is 38.5 Å². The van der Waals surface area contributed by atoms with Gasteiger partial charge in [-0.25, -0.2) is 0 Å². The lowest BCUT2D eigenvalue weighted by Gasteiger charge is -2.50. The molecule has 0 bridgehead atoms. The Morgan fingerprint density at radius 1 is 0.643 bits per heavy atom. The Morgan fingerprint density at radius 2 is 1.14 bits per heavy atom. The largest absolute Gasteiger partial charge is 0.328 e. The van der Waals surface area contributed by atoms with Crippen LogP contribution >= 0.6 is 0 Å². The summed E-state index contributed by atoms with van der Waals surface area (Å²) in [5.41, 5.74) is 0. The van der Waals surface area contributed by atoms with Crippen molar-refractivity contribution in [3.63, 3.8) is 0 Å². The molecule has 0 radical (unpaired) electrons. The molecule has 0 aromatic heterocycles. The molecule has 0 nitrogen and oxygen atoms in total. The lowest BCUT2D eigenvalue weighted by atomic mass is 9.60. The number of fused-ring (bicyclic) bond motifs is 2. The van der Waals surface area contributed by atoms with Crippen molar-refractivity contribution in [2.75, 3.05) is 0 Å². The topological polar surface area (TPSA) is 0 Å². The van der Waals surface area contributed by atoms with E-state index in [0.29, 0.717) is 0 Å². The van der Waals surface area contributed by atoms with Gasteiger partial charge in [0.1, 0.15) is 0 Å². The van der Waals surface area contributed by atoms with Crippen LogP contribution in [0.2, 0.25) is 0 Å². The Hall–Kier alpha value is 0. The van der Waals surface area contributed by atoms with Gasteiger partial charge in [-0.3, -0.25) is 0 Å². The van der Waals surface area contributed by atoms with Gasteiger partial charge >= 0.3 is 0 Å². The number of hydrogen-bond acceptors (Lipinski definition) is 0. The van der Waals surface area contributed by atoms with Crippen LogP contribution in [-0.4, -0.2) is 0 Å². The van der Waals surface area contributed by atoms with Gasteiger partial charge in [-0.2, -0.15) is 25.7 Å². The van der Waals surface area contributed by atoms with Gasteiger partial charge < -0.3 is 12.8 Å². The second kappa shape index (κ2) is 3.87. The molecule has 0 unspecified atom stereocenters. The third-order valence-corrected chi connectivity index (χ3v) is 4.97. The van der Waals surface area contributed by atoms with E-state index in [1.807, 2.05) is 0 Å². The van der Waals surface area contributed by atoms with E-state index in [2.05, 4.69) is 12.8 Å². The predicted octanol–water partition coefficient (Wildman–Crippen LogP) is 4.02. The van der Waals surface area contributed by atoms with Crippen LogP contribution in [-0.2, 0) is 0 Å². The minimum absolute atomic E-state index is 1.09. The highest BCUT2D eigenvalue weighted by Crippen LogP contribution is 2.49. The van der Waals surface area contributed by atoms with Gasteiger partial charge in [0.2, 0.25) is 0 Å². The highest BCUT2D eigenvalue weighted by molar-refractivity contribution is 4.95. The molecule has 0 heteroatoms. The van der Waals surface area contributed by atoms with Crippen molar-refractivity contribution in [2.45, 2.75) is 51.4 Å². The van der Waals surface area contributed by atoms with Crippen LogP contribution in [0.15, 0.2) is 0 Å². The minimum Gasteiger partial charge on any atom is -0.328 e. The van der Waals surface area contributed by atoms with Gasteiger partial charge in [0, 0.05) is 0 Å². The molecule has 80 valence electrons. The molecule has 3 rings (SSSR count). The van der Waals surface area contributed by atoms with Gasteiger partial charge in [-0.1, -0.05) is 24.7 Å². The zero-order valence-electron chi connectivity index (χ0n) is 9.12. The fraction of sp³-hybridized carbons (Fsp3) is 0.857. The summed E-state index contributed by atoms with van der Waals surface area (Å²) in [4.78, 5) is 0. The molecule has 3 saturated carbocycles. The Kier molecular flexibility index (Phi) is 2.55. The van der Waals surface area contributed by atoms with Crippen molar-refractivity contribution in [1.82, 2.24) is 0 Å². The number of rotatable bonds is 0.